The van der Waals surface area contributed by atoms with E-state index in [0.717, 1.165) is 24.5 Å². The van der Waals surface area contributed by atoms with Crippen LogP contribution >= 0.6 is 12.2 Å². The fraction of sp³-hybridized carbons (Fsp3) is 0.923. The highest BCUT2D eigenvalue weighted by molar-refractivity contribution is 7.80. The molecule has 4 nitrogen and oxygen atoms in total. The number of methoxy groups -OCH3 is 1. The van der Waals surface area contributed by atoms with Gasteiger partial charge in [0.2, 0.25) is 0 Å². The van der Waals surface area contributed by atoms with E-state index in [1.165, 1.54) is 0 Å². The summed E-state index contributed by atoms with van der Waals surface area (Å²) >= 11 is 5.31. The molecule has 0 bridgehead atoms. The van der Waals surface area contributed by atoms with Crippen LogP contribution in [-0.4, -0.2) is 42.5 Å². The first kappa shape index (κ1) is 15.7. The Kier molecular flexibility index (Phi) is 5.37. The monoisotopic (exact) mass is 274 g/mol. The maximum atomic E-state index is 5.31. The van der Waals surface area contributed by atoms with Crippen LogP contribution in [0.25, 0.3) is 0 Å². The van der Waals surface area contributed by atoms with E-state index < -0.39 is 0 Å². The molecule has 1 saturated heterocycles. The van der Waals surface area contributed by atoms with Crippen molar-refractivity contribution in [3.05, 3.63) is 0 Å². The number of nitrogens with one attached hydrogen (secondary N) is 2. The van der Waals surface area contributed by atoms with Crippen molar-refractivity contribution < 1.29 is 10.1 Å². The summed E-state index contributed by atoms with van der Waals surface area (Å²) in [6, 6.07) is 0.447. The van der Waals surface area contributed by atoms with Crippen molar-refractivity contribution >= 4 is 17.3 Å². The molecule has 1 heterocycles. The maximum Gasteiger partial charge on any atom is 0.166 e. The number of piperidine rings is 1. The molecule has 5 heteroatoms. The molecule has 0 spiro atoms. The van der Waals surface area contributed by atoms with Crippen LogP contribution in [0.3, 0.4) is 0 Å². The summed E-state index contributed by atoms with van der Waals surface area (Å²) < 4.78 is 4.99. The van der Waals surface area contributed by atoms with Gasteiger partial charge in [-0.3, -0.25) is 0 Å². The third-order valence-corrected chi connectivity index (χ3v) is 3.52. The van der Waals surface area contributed by atoms with Crippen molar-refractivity contribution in [3.8, 4) is 0 Å². The summed E-state index contributed by atoms with van der Waals surface area (Å²) in [6.45, 7) is 10.6. The molecule has 1 aliphatic heterocycles. The zero-order valence-corrected chi connectivity index (χ0v) is 13.1. The zero-order valence-electron chi connectivity index (χ0n) is 12.3. The zero-order chi connectivity index (χ0) is 13.8. The highest BCUT2D eigenvalue weighted by Gasteiger charge is 2.41. The first-order valence-corrected chi connectivity index (χ1v) is 7.05. The van der Waals surface area contributed by atoms with Crippen molar-refractivity contribution in [3.63, 3.8) is 0 Å². The second kappa shape index (κ2) is 6.17. The standard InChI is InChI=1S/C13H27N3OS/c1-12(2)8-10(9-13(3,4)16-12)15-11(18)14-6-7-17-5/h10,16H,6-9H2,1-5H3,(H2,14,15,18)/p+1. The average molecular weight is 274 g/mol. The van der Waals surface area contributed by atoms with Crippen LogP contribution in [0.15, 0.2) is 0 Å². The van der Waals surface area contributed by atoms with E-state index in [0.29, 0.717) is 12.6 Å². The van der Waals surface area contributed by atoms with Crippen molar-refractivity contribution in [2.75, 3.05) is 20.3 Å². The van der Waals surface area contributed by atoms with Gasteiger partial charge in [-0.25, -0.2) is 0 Å². The van der Waals surface area contributed by atoms with Gasteiger partial charge < -0.3 is 20.7 Å². The van der Waals surface area contributed by atoms with Gasteiger partial charge in [-0.2, -0.15) is 0 Å². The number of thiocarbonyl (C=S) groups is 1. The van der Waals surface area contributed by atoms with Crippen LogP contribution in [0.4, 0.5) is 0 Å². The van der Waals surface area contributed by atoms with E-state index in [1.54, 1.807) is 7.11 Å². The van der Waals surface area contributed by atoms with Crippen molar-refractivity contribution in [2.45, 2.75) is 57.7 Å². The van der Waals surface area contributed by atoms with E-state index in [4.69, 9.17) is 17.0 Å². The quantitative estimate of drug-likeness (QED) is 0.512. The van der Waals surface area contributed by atoms with Crippen LogP contribution in [0, 0.1) is 0 Å². The van der Waals surface area contributed by atoms with Crippen LogP contribution in [0.5, 0.6) is 0 Å². The summed E-state index contributed by atoms with van der Waals surface area (Å²) in [5.41, 5.74) is 0.531. The van der Waals surface area contributed by atoms with E-state index in [9.17, 15) is 0 Å². The van der Waals surface area contributed by atoms with E-state index in [-0.39, 0.29) is 11.1 Å². The van der Waals surface area contributed by atoms with Crippen molar-refractivity contribution in [2.24, 2.45) is 0 Å². The normalized spacial score (nSPS) is 22.5. The van der Waals surface area contributed by atoms with Crippen molar-refractivity contribution in [1.29, 1.82) is 0 Å². The van der Waals surface area contributed by atoms with Gasteiger partial charge in [-0.15, -0.1) is 0 Å². The fourth-order valence-corrected chi connectivity index (χ4v) is 3.39. The largest absolute Gasteiger partial charge is 0.383 e. The van der Waals surface area contributed by atoms with Crippen molar-refractivity contribution in [1.82, 2.24) is 10.6 Å². The Balaban J connectivity index is 2.44. The molecule has 1 fully saturated rings. The lowest BCUT2D eigenvalue weighted by Gasteiger charge is -2.43. The second-order valence-electron chi connectivity index (χ2n) is 6.62. The fourth-order valence-electron chi connectivity index (χ4n) is 3.12. The van der Waals surface area contributed by atoms with Gasteiger partial charge in [0.15, 0.2) is 5.11 Å². The lowest BCUT2D eigenvalue weighted by atomic mass is 9.80. The van der Waals surface area contributed by atoms with Gasteiger partial charge >= 0.3 is 0 Å². The molecule has 1 aliphatic rings. The molecule has 106 valence electrons. The Morgan fingerprint density at radius 1 is 1.28 bits per heavy atom. The van der Waals surface area contributed by atoms with Gasteiger partial charge in [-0.1, -0.05) is 0 Å². The third kappa shape index (κ3) is 5.50. The summed E-state index contributed by atoms with van der Waals surface area (Å²) in [5.74, 6) is 0. The van der Waals surface area contributed by atoms with Gasteiger partial charge in [0, 0.05) is 32.5 Å². The summed E-state index contributed by atoms with van der Waals surface area (Å²) in [7, 11) is 1.69. The summed E-state index contributed by atoms with van der Waals surface area (Å²) in [5, 5.41) is 9.82. The van der Waals surface area contributed by atoms with Gasteiger partial charge in [0.25, 0.3) is 0 Å². The van der Waals surface area contributed by atoms with Crippen LogP contribution in [-0.2, 0) is 4.74 Å². The average Bonchev–Trinajstić information content (AvgIpc) is 2.12. The number of ether oxygens (including phenoxy) is 1. The minimum atomic E-state index is 0.265. The molecule has 0 atom stereocenters. The Morgan fingerprint density at radius 2 is 1.83 bits per heavy atom. The second-order valence-corrected chi connectivity index (χ2v) is 7.03. The molecule has 4 N–H and O–H groups in total. The number of hydrogen-bond donors (Lipinski definition) is 3. The molecule has 0 radical (unpaired) electrons. The lowest BCUT2D eigenvalue weighted by Crippen LogP contribution is -3.06. The maximum absolute atomic E-state index is 5.31. The Labute approximate surface area is 116 Å². The molecule has 0 amide bonds. The number of hydrogen-bond acceptors (Lipinski definition) is 2. The highest BCUT2D eigenvalue weighted by atomic mass is 32.1. The summed E-state index contributed by atoms with van der Waals surface area (Å²) in [6.07, 6.45) is 2.26. The smallest absolute Gasteiger partial charge is 0.166 e. The highest BCUT2D eigenvalue weighted by Crippen LogP contribution is 2.21. The molecular formula is C13H28N3OS+. The molecule has 0 aromatic carbocycles. The topological polar surface area (TPSA) is 49.9 Å². The van der Waals surface area contributed by atoms with Crippen LogP contribution in [0.1, 0.15) is 40.5 Å². The van der Waals surface area contributed by atoms with E-state index >= 15 is 0 Å². The van der Waals surface area contributed by atoms with Gasteiger partial charge in [-0.05, 0) is 39.9 Å². The third-order valence-electron chi connectivity index (χ3n) is 3.25. The minimum absolute atomic E-state index is 0.265. The van der Waals surface area contributed by atoms with Crippen LogP contribution in [0.2, 0.25) is 0 Å². The van der Waals surface area contributed by atoms with E-state index in [1.807, 2.05) is 0 Å². The predicted molar refractivity (Wildman–Crippen MR) is 78.7 cm³/mol. The van der Waals surface area contributed by atoms with E-state index in [2.05, 4.69) is 43.6 Å². The molecule has 1 rings (SSSR count). The molecular weight excluding hydrogens is 246 g/mol. The molecule has 0 aliphatic carbocycles. The molecule has 0 saturated carbocycles. The molecule has 0 aromatic heterocycles. The SMILES string of the molecule is COCCNC(=S)NC1CC(C)(C)[NH2+]C(C)(C)C1. The minimum Gasteiger partial charge on any atom is -0.383 e. The Morgan fingerprint density at radius 3 is 2.33 bits per heavy atom. The molecule has 0 aromatic rings. The summed E-state index contributed by atoms with van der Waals surface area (Å²) in [4.78, 5) is 0. The Bertz CT molecular complexity index is 276. The number of rotatable bonds is 4. The number of quaternary nitrogens is 1. The van der Waals surface area contributed by atoms with Crippen LogP contribution < -0.4 is 16.0 Å². The Hall–Kier alpha value is -0.390. The lowest BCUT2D eigenvalue weighted by molar-refractivity contribution is -0.787. The molecule has 18 heavy (non-hydrogen) atoms. The first-order chi connectivity index (χ1) is 8.24. The first-order valence-electron chi connectivity index (χ1n) is 6.64. The van der Waals surface area contributed by atoms with Gasteiger partial charge in [0.1, 0.15) is 0 Å². The number of nitrogens with two attached hydrogens (primary N) is 1. The molecule has 0 unspecified atom stereocenters. The predicted octanol–water partition coefficient (Wildman–Crippen LogP) is 0.380. The van der Waals surface area contributed by atoms with Gasteiger partial charge in [0.05, 0.1) is 17.7 Å².